The molecule has 0 saturated heterocycles. The number of anilines is 1. The van der Waals surface area contributed by atoms with Gasteiger partial charge in [0.2, 0.25) is 0 Å². The Kier molecular flexibility index (Phi) is 4.32. The first-order valence-electron chi connectivity index (χ1n) is 6.20. The third-order valence-corrected chi connectivity index (χ3v) is 3.06. The lowest BCUT2D eigenvalue weighted by Crippen LogP contribution is -2.09. The summed E-state index contributed by atoms with van der Waals surface area (Å²) in [4.78, 5) is 15.4. The van der Waals surface area contributed by atoms with Crippen LogP contribution in [0.15, 0.2) is 24.5 Å². The molecule has 2 N–H and O–H groups in total. The number of esters is 1. The van der Waals surface area contributed by atoms with Crippen LogP contribution in [-0.2, 0) is 11.3 Å². The molecular weight excluding hydrogens is 274 g/mol. The number of hydrogen-bond acceptors (Lipinski definition) is 6. The van der Waals surface area contributed by atoms with Crippen molar-refractivity contribution >= 4 is 11.8 Å². The summed E-state index contributed by atoms with van der Waals surface area (Å²) in [6.45, 7) is 0.455. The van der Waals surface area contributed by atoms with Crippen LogP contribution in [0.25, 0.3) is 0 Å². The lowest BCUT2D eigenvalue weighted by molar-refractivity contribution is 0.0596. The molecule has 0 fully saturated rings. The maximum Gasteiger partial charge on any atom is 0.360 e. The smallest absolute Gasteiger partial charge is 0.360 e. The molecule has 0 unspecified atom stereocenters. The summed E-state index contributed by atoms with van der Waals surface area (Å²) < 4.78 is 16.7. The number of benzene rings is 1. The summed E-state index contributed by atoms with van der Waals surface area (Å²) >= 11 is 0. The Balaban J connectivity index is 2.26. The molecule has 1 heterocycles. The highest BCUT2D eigenvalue weighted by molar-refractivity contribution is 5.92. The minimum absolute atomic E-state index is 0.109. The lowest BCUT2D eigenvalue weighted by Gasteiger charge is -2.10. The summed E-state index contributed by atoms with van der Waals surface area (Å²) in [6, 6.07) is 5.54. The van der Waals surface area contributed by atoms with Gasteiger partial charge in [-0.15, -0.1) is 0 Å². The number of ether oxygens (including phenoxy) is 3. The Morgan fingerprint density at radius 1 is 1.24 bits per heavy atom. The predicted octanol–water partition coefficient (Wildman–Crippen LogP) is 1.32. The number of carbonyl (C=O) groups excluding carboxylic acids is 1. The average molecular weight is 291 g/mol. The van der Waals surface area contributed by atoms with Crippen molar-refractivity contribution in [3.05, 3.63) is 35.8 Å². The fourth-order valence-corrected chi connectivity index (χ4v) is 1.95. The summed E-state index contributed by atoms with van der Waals surface area (Å²) in [5, 5.41) is 0. The van der Waals surface area contributed by atoms with E-state index in [-0.39, 0.29) is 11.5 Å². The Morgan fingerprint density at radius 2 is 1.95 bits per heavy atom. The molecule has 0 aliphatic carbocycles. The van der Waals surface area contributed by atoms with Gasteiger partial charge in [-0.25, -0.2) is 9.78 Å². The summed E-state index contributed by atoms with van der Waals surface area (Å²) in [5.41, 5.74) is 6.95. The standard InChI is InChI=1S/C14H17N3O4/c1-19-10-5-4-9(6-11(10)20-2)7-17-8-16-12(13(17)15)14(18)21-3/h4-6,8H,7,15H2,1-3H3. The molecule has 0 radical (unpaired) electrons. The molecule has 0 aliphatic heterocycles. The highest BCUT2D eigenvalue weighted by atomic mass is 16.5. The van der Waals surface area contributed by atoms with E-state index >= 15 is 0 Å². The predicted molar refractivity (Wildman–Crippen MR) is 76.6 cm³/mol. The van der Waals surface area contributed by atoms with Crippen LogP contribution in [0.2, 0.25) is 0 Å². The number of nitrogens with zero attached hydrogens (tertiary/aromatic N) is 2. The third kappa shape index (κ3) is 2.91. The molecule has 2 aromatic rings. The number of methoxy groups -OCH3 is 3. The second kappa shape index (κ2) is 6.17. The number of aromatic nitrogens is 2. The molecule has 21 heavy (non-hydrogen) atoms. The largest absolute Gasteiger partial charge is 0.493 e. The van der Waals surface area contributed by atoms with Crippen LogP contribution in [0.4, 0.5) is 5.82 Å². The van der Waals surface area contributed by atoms with E-state index < -0.39 is 5.97 Å². The van der Waals surface area contributed by atoms with Gasteiger partial charge in [-0.1, -0.05) is 6.07 Å². The normalized spacial score (nSPS) is 10.2. The quantitative estimate of drug-likeness (QED) is 0.836. The summed E-state index contributed by atoms with van der Waals surface area (Å²) in [6.07, 6.45) is 1.50. The number of rotatable bonds is 5. The van der Waals surface area contributed by atoms with Gasteiger partial charge in [-0.3, -0.25) is 0 Å². The van der Waals surface area contributed by atoms with Crippen LogP contribution in [0.1, 0.15) is 16.1 Å². The highest BCUT2D eigenvalue weighted by Gasteiger charge is 2.16. The Bertz CT molecular complexity index is 652. The number of imidazole rings is 1. The monoisotopic (exact) mass is 291 g/mol. The molecule has 1 aromatic carbocycles. The molecule has 7 nitrogen and oxygen atoms in total. The first-order chi connectivity index (χ1) is 10.1. The van der Waals surface area contributed by atoms with E-state index in [1.54, 1.807) is 18.8 Å². The van der Waals surface area contributed by atoms with Gasteiger partial charge in [-0.05, 0) is 17.7 Å². The van der Waals surface area contributed by atoms with E-state index in [1.807, 2.05) is 18.2 Å². The minimum Gasteiger partial charge on any atom is -0.493 e. The van der Waals surface area contributed by atoms with Gasteiger partial charge in [0.1, 0.15) is 5.82 Å². The maximum atomic E-state index is 11.5. The third-order valence-electron chi connectivity index (χ3n) is 3.06. The van der Waals surface area contributed by atoms with Crippen LogP contribution in [0.3, 0.4) is 0 Å². The van der Waals surface area contributed by atoms with Gasteiger partial charge >= 0.3 is 5.97 Å². The zero-order chi connectivity index (χ0) is 15.4. The summed E-state index contributed by atoms with van der Waals surface area (Å²) in [7, 11) is 4.44. The van der Waals surface area contributed by atoms with E-state index in [0.717, 1.165) is 5.56 Å². The van der Waals surface area contributed by atoms with E-state index in [4.69, 9.17) is 15.2 Å². The molecule has 0 amide bonds. The van der Waals surface area contributed by atoms with Crippen molar-refractivity contribution in [1.29, 1.82) is 0 Å². The lowest BCUT2D eigenvalue weighted by atomic mass is 10.2. The average Bonchev–Trinajstić information content (AvgIpc) is 2.87. The molecular formula is C14H17N3O4. The second-order valence-electron chi connectivity index (χ2n) is 4.29. The van der Waals surface area contributed by atoms with Crippen LogP contribution < -0.4 is 15.2 Å². The van der Waals surface area contributed by atoms with Gasteiger partial charge in [0.25, 0.3) is 0 Å². The second-order valence-corrected chi connectivity index (χ2v) is 4.29. The van der Waals surface area contributed by atoms with Crippen molar-refractivity contribution in [2.75, 3.05) is 27.1 Å². The number of nitrogens with two attached hydrogens (primary N) is 1. The van der Waals surface area contributed by atoms with E-state index in [0.29, 0.717) is 18.0 Å². The van der Waals surface area contributed by atoms with E-state index in [1.165, 1.54) is 13.4 Å². The zero-order valence-electron chi connectivity index (χ0n) is 12.1. The molecule has 0 aliphatic rings. The first-order valence-corrected chi connectivity index (χ1v) is 6.20. The minimum atomic E-state index is -0.557. The number of carbonyl (C=O) groups is 1. The molecule has 2 rings (SSSR count). The van der Waals surface area contributed by atoms with Gasteiger partial charge in [0.05, 0.1) is 34.2 Å². The van der Waals surface area contributed by atoms with Crippen molar-refractivity contribution in [1.82, 2.24) is 9.55 Å². The number of hydrogen-bond donors (Lipinski definition) is 1. The molecule has 0 saturated carbocycles. The van der Waals surface area contributed by atoms with Crippen molar-refractivity contribution < 1.29 is 19.0 Å². The zero-order valence-corrected chi connectivity index (χ0v) is 12.1. The van der Waals surface area contributed by atoms with Crippen LogP contribution >= 0.6 is 0 Å². The molecule has 7 heteroatoms. The van der Waals surface area contributed by atoms with Gasteiger partial charge < -0.3 is 24.5 Å². The van der Waals surface area contributed by atoms with Crippen LogP contribution in [-0.4, -0.2) is 36.8 Å². The molecule has 112 valence electrons. The van der Waals surface area contributed by atoms with E-state index in [9.17, 15) is 4.79 Å². The molecule has 0 bridgehead atoms. The number of nitrogen functional groups attached to an aromatic ring is 1. The molecule has 1 aromatic heterocycles. The van der Waals surface area contributed by atoms with Crippen molar-refractivity contribution in [3.63, 3.8) is 0 Å². The van der Waals surface area contributed by atoms with Gasteiger partial charge in [0, 0.05) is 0 Å². The first kappa shape index (κ1) is 14.7. The fraction of sp³-hybridized carbons (Fsp3) is 0.286. The topological polar surface area (TPSA) is 88.6 Å². The molecule has 0 spiro atoms. The highest BCUT2D eigenvalue weighted by Crippen LogP contribution is 2.28. The van der Waals surface area contributed by atoms with Gasteiger partial charge in [-0.2, -0.15) is 0 Å². The SMILES string of the molecule is COC(=O)c1ncn(Cc2ccc(OC)c(OC)c2)c1N. The molecule has 0 atom stereocenters. The Hall–Kier alpha value is -2.70. The Labute approximate surface area is 122 Å². The maximum absolute atomic E-state index is 11.5. The van der Waals surface area contributed by atoms with E-state index in [2.05, 4.69) is 9.72 Å². The van der Waals surface area contributed by atoms with Crippen LogP contribution in [0.5, 0.6) is 11.5 Å². The summed E-state index contributed by atoms with van der Waals surface area (Å²) in [5.74, 6) is 0.979. The fourth-order valence-electron chi connectivity index (χ4n) is 1.95. The van der Waals surface area contributed by atoms with Crippen LogP contribution in [0, 0.1) is 0 Å². The van der Waals surface area contributed by atoms with Gasteiger partial charge in [0.15, 0.2) is 17.2 Å². The van der Waals surface area contributed by atoms with Crippen molar-refractivity contribution in [2.45, 2.75) is 6.54 Å². The van der Waals surface area contributed by atoms with Crippen molar-refractivity contribution in [3.8, 4) is 11.5 Å². The van der Waals surface area contributed by atoms with Crippen molar-refractivity contribution in [2.24, 2.45) is 0 Å². The Morgan fingerprint density at radius 3 is 2.57 bits per heavy atom.